The van der Waals surface area contributed by atoms with E-state index in [-0.39, 0.29) is 0 Å². The second-order valence-electron chi connectivity index (χ2n) is 11.6. The van der Waals surface area contributed by atoms with Crippen molar-refractivity contribution in [1.29, 1.82) is 0 Å². The molecule has 3 heterocycles. The lowest BCUT2D eigenvalue weighted by atomic mass is 10.0. The molecule has 3 heteroatoms. The van der Waals surface area contributed by atoms with Gasteiger partial charge in [-0.15, -0.1) is 34.0 Å². The van der Waals surface area contributed by atoms with E-state index in [9.17, 15) is 0 Å². The van der Waals surface area contributed by atoms with E-state index in [1.54, 1.807) is 11.1 Å². The Morgan fingerprint density at radius 2 is 0.744 bits per heavy atom. The van der Waals surface area contributed by atoms with Crippen molar-refractivity contribution in [2.45, 2.75) is 155 Å². The monoisotopic (exact) mass is 584 g/mol. The second kappa shape index (κ2) is 20.9. The molecule has 0 saturated carbocycles. The first-order valence-electron chi connectivity index (χ1n) is 16.6. The maximum atomic E-state index is 2.39. The van der Waals surface area contributed by atoms with Crippen LogP contribution in [0.3, 0.4) is 0 Å². The molecule has 0 unspecified atom stereocenters. The fourth-order valence-electron chi connectivity index (χ4n) is 5.69. The van der Waals surface area contributed by atoms with Crippen molar-refractivity contribution in [3.63, 3.8) is 0 Å². The largest absolute Gasteiger partial charge is 0.143 e. The number of thiophene rings is 3. The van der Waals surface area contributed by atoms with E-state index in [4.69, 9.17) is 0 Å². The molecule has 0 aliphatic heterocycles. The molecule has 0 radical (unpaired) electrons. The van der Waals surface area contributed by atoms with Crippen LogP contribution in [-0.4, -0.2) is 0 Å². The van der Waals surface area contributed by atoms with Crippen LogP contribution in [0.1, 0.15) is 153 Å². The summed E-state index contributed by atoms with van der Waals surface area (Å²) >= 11 is 5.90. The van der Waals surface area contributed by atoms with Crippen molar-refractivity contribution in [3.8, 4) is 19.5 Å². The summed E-state index contributed by atoms with van der Waals surface area (Å²) in [7, 11) is 0. The van der Waals surface area contributed by atoms with Crippen LogP contribution < -0.4 is 0 Å². The van der Waals surface area contributed by atoms with Gasteiger partial charge in [0.25, 0.3) is 0 Å². The SMILES string of the molecule is CCCCCCCCCCCCc1ccsc1-c1ccc(-c2sccc2CCCCCCCCCCCC)s1. The molecule has 218 valence electrons. The molecule has 0 bridgehead atoms. The summed E-state index contributed by atoms with van der Waals surface area (Å²) in [5, 5.41) is 4.62. The molecule has 0 aliphatic carbocycles. The molecule has 0 N–H and O–H groups in total. The Bertz CT molecular complexity index is 898. The summed E-state index contributed by atoms with van der Waals surface area (Å²) in [6.07, 6.45) is 30.7. The first-order valence-corrected chi connectivity index (χ1v) is 19.1. The Kier molecular flexibility index (Phi) is 17.5. The molecule has 0 amide bonds. The van der Waals surface area contributed by atoms with Gasteiger partial charge in [-0.05, 0) is 71.8 Å². The fourth-order valence-corrected chi connectivity index (χ4v) is 8.93. The first kappa shape index (κ1) is 32.6. The zero-order valence-electron chi connectivity index (χ0n) is 25.2. The molecule has 0 aromatic carbocycles. The van der Waals surface area contributed by atoms with Gasteiger partial charge in [0.1, 0.15) is 0 Å². The lowest BCUT2D eigenvalue weighted by Gasteiger charge is -2.05. The Hall–Kier alpha value is -0.900. The van der Waals surface area contributed by atoms with Gasteiger partial charge in [0.15, 0.2) is 0 Å². The van der Waals surface area contributed by atoms with E-state index < -0.39 is 0 Å². The van der Waals surface area contributed by atoms with E-state index >= 15 is 0 Å². The van der Waals surface area contributed by atoms with Crippen molar-refractivity contribution >= 4 is 34.0 Å². The van der Waals surface area contributed by atoms with E-state index in [0.717, 1.165) is 0 Å². The van der Waals surface area contributed by atoms with Gasteiger partial charge in [-0.2, -0.15) is 0 Å². The Morgan fingerprint density at radius 1 is 0.410 bits per heavy atom. The van der Waals surface area contributed by atoms with E-state index in [2.05, 4.69) is 48.9 Å². The minimum absolute atomic E-state index is 1.24. The van der Waals surface area contributed by atoms with Gasteiger partial charge in [-0.1, -0.05) is 129 Å². The van der Waals surface area contributed by atoms with Gasteiger partial charge in [0.2, 0.25) is 0 Å². The van der Waals surface area contributed by atoms with Crippen molar-refractivity contribution in [1.82, 2.24) is 0 Å². The highest BCUT2D eigenvalue weighted by atomic mass is 32.1. The van der Waals surface area contributed by atoms with Crippen LogP contribution in [0.4, 0.5) is 0 Å². The third kappa shape index (κ3) is 12.7. The van der Waals surface area contributed by atoms with Gasteiger partial charge >= 0.3 is 0 Å². The smallest absolute Gasteiger partial charge is 0.0474 e. The van der Waals surface area contributed by atoms with Crippen LogP contribution in [0.2, 0.25) is 0 Å². The van der Waals surface area contributed by atoms with Crippen LogP contribution in [0, 0.1) is 0 Å². The second-order valence-corrected chi connectivity index (χ2v) is 14.5. The maximum absolute atomic E-state index is 2.39. The van der Waals surface area contributed by atoms with Crippen molar-refractivity contribution in [2.24, 2.45) is 0 Å². The fraction of sp³-hybridized carbons (Fsp3) is 0.667. The highest BCUT2D eigenvalue weighted by molar-refractivity contribution is 7.25. The summed E-state index contributed by atoms with van der Waals surface area (Å²) in [6.45, 7) is 4.60. The average Bonchev–Trinajstić information content (AvgIpc) is 3.71. The maximum Gasteiger partial charge on any atom is 0.0474 e. The first-order chi connectivity index (χ1) is 19.3. The van der Waals surface area contributed by atoms with Crippen LogP contribution in [0.15, 0.2) is 35.0 Å². The third-order valence-electron chi connectivity index (χ3n) is 8.15. The number of unbranched alkanes of at least 4 members (excludes halogenated alkanes) is 18. The Labute approximate surface area is 253 Å². The average molecular weight is 585 g/mol. The topological polar surface area (TPSA) is 0 Å². The van der Waals surface area contributed by atoms with Crippen LogP contribution in [-0.2, 0) is 12.8 Å². The molecule has 0 nitrogen and oxygen atoms in total. The number of aryl methyl sites for hydroxylation is 2. The summed E-state index contributed by atoms with van der Waals surface area (Å²) in [4.78, 5) is 5.99. The zero-order valence-corrected chi connectivity index (χ0v) is 27.7. The molecule has 0 atom stereocenters. The lowest BCUT2D eigenvalue weighted by Crippen LogP contribution is -1.87. The van der Waals surface area contributed by atoms with E-state index in [1.807, 2.05) is 34.0 Å². The molecule has 39 heavy (non-hydrogen) atoms. The van der Waals surface area contributed by atoms with Crippen molar-refractivity contribution < 1.29 is 0 Å². The summed E-state index contributed by atoms with van der Waals surface area (Å²) in [6, 6.07) is 9.54. The predicted molar refractivity (Wildman–Crippen MR) is 182 cm³/mol. The van der Waals surface area contributed by atoms with Crippen LogP contribution >= 0.6 is 34.0 Å². The lowest BCUT2D eigenvalue weighted by molar-refractivity contribution is 0.556. The summed E-state index contributed by atoms with van der Waals surface area (Å²) in [5.41, 5.74) is 3.15. The van der Waals surface area contributed by atoms with Gasteiger partial charge in [0.05, 0.1) is 0 Å². The van der Waals surface area contributed by atoms with E-state index in [0.29, 0.717) is 0 Å². The van der Waals surface area contributed by atoms with Gasteiger partial charge < -0.3 is 0 Å². The minimum Gasteiger partial charge on any atom is -0.143 e. The highest BCUT2D eigenvalue weighted by Crippen LogP contribution is 2.42. The molecule has 0 spiro atoms. The van der Waals surface area contributed by atoms with Crippen LogP contribution in [0.5, 0.6) is 0 Å². The van der Waals surface area contributed by atoms with Crippen LogP contribution in [0.25, 0.3) is 19.5 Å². The van der Waals surface area contributed by atoms with Crippen molar-refractivity contribution in [2.75, 3.05) is 0 Å². The molecule has 0 saturated heterocycles. The number of rotatable bonds is 24. The molecule has 0 aliphatic rings. The molecular formula is C36H56S3. The zero-order chi connectivity index (χ0) is 27.4. The minimum atomic E-state index is 1.24. The molecule has 3 aromatic heterocycles. The summed E-state index contributed by atoms with van der Waals surface area (Å²) < 4.78 is 0. The van der Waals surface area contributed by atoms with Gasteiger partial charge in [0, 0.05) is 19.5 Å². The summed E-state index contributed by atoms with van der Waals surface area (Å²) in [5.74, 6) is 0. The van der Waals surface area contributed by atoms with Gasteiger partial charge in [-0.25, -0.2) is 0 Å². The molecule has 3 aromatic rings. The Balaban J connectivity index is 1.36. The number of hydrogen-bond acceptors (Lipinski definition) is 3. The molecule has 0 fully saturated rings. The normalized spacial score (nSPS) is 11.5. The van der Waals surface area contributed by atoms with Gasteiger partial charge in [-0.3, -0.25) is 0 Å². The Morgan fingerprint density at radius 3 is 1.10 bits per heavy atom. The van der Waals surface area contributed by atoms with Crippen molar-refractivity contribution in [3.05, 3.63) is 46.2 Å². The highest BCUT2D eigenvalue weighted by Gasteiger charge is 2.13. The quantitative estimate of drug-likeness (QED) is 0.0918. The molecular weight excluding hydrogens is 529 g/mol. The predicted octanol–water partition coefficient (Wildman–Crippen LogP) is 14.1. The standard InChI is InChI=1S/C36H56S3/c1-3-5-7-9-11-13-15-17-19-21-23-31-27-29-37-35(31)33-25-26-34(39-33)36-32(28-30-38-36)24-22-20-18-16-14-12-10-8-6-4-2/h25-30H,3-24H2,1-2H3. The number of hydrogen-bond donors (Lipinski definition) is 0. The van der Waals surface area contributed by atoms with E-state index in [1.165, 1.54) is 161 Å². The molecule has 3 rings (SSSR count). The third-order valence-corrected chi connectivity index (χ3v) is 11.5.